The van der Waals surface area contributed by atoms with Crippen LogP contribution in [0.1, 0.15) is 5.56 Å². The number of fused-ring (bicyclic) bond motifs is 3. The van der Waals surface area contributed by atoms with Gasteiger partial charge in [-0.15, -0.1) is 0 Å². The molecule has 10 rings (SSSR count). The molecule has 5 nitrogen and oxygen atoms in total. The molecule has 2 aromatic heterocycles. The van der Waals surface area contributed by atoms with Crippen molar-refractivity contribution in [1.29, 1.82) is 5.26 Å². The van der Waals surface area contributed by atoms with Gasteiger partial charge < -0.3 is 4.42 Å². The SMILES string of the molecule is N#Cc1cccc(-c2cccc(-c3nc(-c4ccccc4)nc(-c4ccc5c(c4)oc4c(-c6ccccc6)ccc(-c6cccc(-c7ccccc7)c6)c45)n3)c2)c1. The average molecular weight is 729 g/mol. The molecular formula is C52H32N4O. The van der Waals surface area contributed by atoms with Gasteiger partial charge in [-0.1, -0.05) is 152 Å². The Bertz CT molecular complexity index is 3130. The molecule has 0 atom stereocenters. The minimum Gasteiger partial charge on any atom is -0.455 e. The minimum atomic E-state index is 0.539. The van der Waals surface area contributed by atoms with Crippen molar-refractivity contribution in [1.82, 2.24) is 15.0 Å². The Labute approximate surface area is 329 Å². The standard InChI is InChI=1S/C52H32N4O/c53-33-34-13-10-20-38(29-34)40-22-12-24-42(31-40)51-54-50(37-18-8-3-9-19-37)55-52(56-51)43-25-26-46-47(32-43)57-49-45(36-16-6-2-7-17-36)28-27-44(48(46)49)41-23-11-21-39(30-41)35-14-4-1-5-15-35/h1-32H. The van der Waals surface area contributed by atoms with Crippen LogP contribution in [0.2, 0.25) is 0 Å². The molecule has 0 N–H and O–H groups in total. The Morgan fingerprint density at radius 2 is 0.860 bits per heavy atom. The smallest absolute Gasteiger partial charge is 0.164 e. The molecule has 266 valence electrons. The van der Waals surface area contributed by atoms with Crippen LogP contribution in [0.25, 0.3) is 101 Å². The van der Waals surface area contributed by atoms with Gasteiger partial charge >= 0.3 is 0 Å². The first-order chi connectivity index (χ1) is 28.2. The van der Waals surface area contributed by atoms with Crippen molar-refractivity contribution >= 4 is 21.9 Å². The molecule has 8 aromatic carbocycles. The lowest BCUT2D eigenvalue weighted by molar-refractivity contribution is 0.670. The molecule has 0 saturated heterocycles. The molecule has 0 bridgehead atoms. The first-order valence-corrected chi connectivity index (χ1v) is 18.8. The van der Waals surface area contributed by atoms with E-state index >= 15 is 0 Å². The number of hydrogen-bond donors (Lipinski definition) is 0. The largest absolute Gasteiger partial charge is 0.455 e. The quantitative estimate of drug-likeness (QED) is 0.163. The number of nitriles is 1. The van der Waals surface area contributed by atoms with Crippen molar-refractivity contribution in [2.24, 2.45) is 0 Å². The monoisotopic (exact) mass is 728 g/mol. The van der Waals surface area contributed by atoms with Gasteiger partial charge in [0.15, 0.2) is 17.5 Å². The summed E-state index contributed by atoms with van der Waals surface area (Å²) in [6, 6.07) is 68.1. The fourth-order valence-electron chi connectivity index (χ4n) is 7.56. The van der Waals surface area contributed by atoms with E-state index in [4.69, 9.17) is 19.4 Å². The number of benzene rings is 8. The summed E-state index contributed by atoms with van der Waals surface area (Å²) in [7, 11) is 0. The van der Waals surface area contributed by atoms with Crippen LogP contribution in [0.5, 0.6) is 0 Å². The van der Waals surface area contributed by atoms with Gasteiger partial charge in [0.25, 0.3) is 0 Å². The predicted octanol–water partition coefficient (Wildman–Crippen LogP) is 13.3. The van der Waals surface area contributed by atoms with Crippen molar-refractivity contribution < 1.29 is 4.42 Å². The van der Waals surface area contributed by atoms with E-state index in [1.807, 2.05) is 91.0 Å². The highest BCUT2D eigenvalue weighted by Crippen LogP contribution is 2.43. The van der Waals surface area contributed by atoms with E-state index in [0.717, 1.165) is 77.6 Å². The average Bonchev–Trinajstić information content (AvgIpc) is 3.69. The number of nitrogens with zero attached hydrogens (tertiary/aromatic N) is 4. The third kappa shape index (κ3) is 6.42. The highest BCUT2D eigenvalue weighted by atomic mass is 16.3. The van der Waals surface area contributed by atoms with Crippen molar-refractivity contribution in [3.8, 4) is 84.7 Å². The van der Waals surface area contributed by atoms with Crippen LogP contribution >= 0.6 is 0 Å². The molecule has 10 aromatic rings. The van der Waals surface area contributed by atoms with Crippen LogP contribution in [0.4, 0.5) is 0 Å². The van der Waals surface area contributed by atoms with Gasteiger partial charge in [-0.2, -0.15) is 5.26 Å². The molecule has 0 amide bonds. The first kappa shape index (κ1) is 33.6. The Hall–Kier alpha value is -7.94. The number of hydrogen-bond acceptors (Lipinski definition) is 5. The Morgan fingerprint density at radius 1 is 0.368 bits per heavy atom. The Morgan fingerprint density at radius 3 is 1.54 bits per heavy atom. The van der Waals surface area contributed by atoms with Gasteiger partial charge in [0, 0.05) is 33.0 Å². The highest BCUT2D eigenvalue weighted by Gasteiger charge is 2.20. The van der Waals surface area contributed by atoms with Gasteiger partial charge in [0.2, 0.25) is 0 Å². The summed E-state index contributed by atoms with van der Waals surface area (Å²) < 4.78 is 6.90. The molecule has 0 radical (unpaired) electrons. The van der Waals surface area contributed by atoms with E-state index in [2.05, 4.69) is 109 Å². The molecule has 0 unspecified atom stereocenters. The lowest BCUT2D eigenvalue weighted by Crippen LogP contribution is -2.00. The summed E-state index contributed by atoms with van der Waals surface area (Å²) in [5, 5.41) is 11.6. The first-order valence-electron chi connectivity index (χ1n) is 18.8. The number of furan rings is 1. The van der Waals surface area contributed by atoms with E-state index in [1.165, 1.54) is 5.56 Å². The molecule has 2 heterocycles. The van der Waals surface area contributed by atoms with Crippen LogP contribution < -0.4 is 0 Å². The summed E-state index contributed by atoms with van der Waals surface area (Å²) >= 11 is 0. The highest BCUT2D eigenvalue weighted by molar-refractivity contribution is 6.16. The second-order valence-corrected chi connectivity index (χ2v) is 13.9. The maximum atomic E-state index is 9.52. The summed E-state index contributed by atoms with van der Waals surface area (Å²) in [5.41, 5.74) is 13.3. The summed E-state index contributed by atoms with van der Waals surface area (Å²) in [6.45, 7) is 0. The second-order valence-electron chi connectivity index (χ2n) is 13.9. The molecule has 0 saturated carbocycles. The summed E-state index contributed by atoms with van der Waals surface area (Å²) in [5.74, 6) is 1.66. The molecule has 0 spiro atoms. The van der Waals surface area contributed by atoms with E-state index < -0.39 is 0 Å². The topological polar surface area (TPSA) is 75.6 Å². The van der Waals surface area contributed by atoms with E-state index in [1.54, 1.807) is 0 Å². The van der Waals surface area contributed by atoms with E-state index in [-0.39, 0.29) is 0 Å². The summed E-state index contributed by atoms with van der Waals surface area (Å²) in [4.78, 5) is 15.1. The van der Waals surface area contributed by atoms with Gasteiger partial charge in [-0.3, -0.25) is 0 Å². The Balaban J connectivity index is 1.14. The van der Waals surface area contributed by atoms with Crippen molar-refractivity contribution in [2.75, 3.05) is 0 Å². The normalized spacial score (nSPS) is 11.1. The zero-order valence-corrected chi connectivity index (χ0v) is 30.7. The van der Waals surface area contributed by atoms with Crippen LogP contribution in [0.3, 0.4) is 0 Å². The molecule has 0 aliphatic carbocycles. The molecule has 0 aliphatic rings. The van der Waals surface area contributed by atoms with Gasteiger partial charge in [-0.25, -0.2) is 15.0 Å². The fraction of sp³-hybridized carbons (Fsp3) is 0. The minimum absolute atomic E-state index is 0.539. The fourth-order valence-corrected chi connectivity index (χ4v) is 7.56. The predicted molar refractivity (Wildman–Crippen MR) is 230 cm³/mol. The lowest BCUT2D eigenvalue weighted by Gasteiger charge is -2.10. The van der Waals surface area contributed by atoms with Crippen molar-refractivity contribution in [3.05, 3.63) is 200 Å². The summed E-state index contributed by atoms with van der Waals surface area (Å²) in [6.07, 6.45) is 0. The number of rotatable bonds is 7. The van der Waals surface area contributed by atoms with Crippen LogP contribution in [-0.2, 0) is 0 Å². The molecule has 5 heteroatoms. The van der Waals surface area contributed by atoms with E-state index in [9.17, 15) is 5.26 Å². The van der Waals surface area contributed by atoms with Crippen LogP contribution in [-0.4, -0.2) is 15.0 Å². The zero-order chi connectivity index (χ0) is 38.1. The zero-order valence-electron chi connectivity index (χ0n) is 30.7. The maximum Gasteiger partial charge on any atom is 0.164 e. The second kappa shape index (κ2) is 14.4. The molecule has 0 aliphatic heterocycles. The van der Waals surface area contributed by atoms with Crippen molar-refractivity contribution in [2.45, 2.75) is 0 Å². The molecule has 57 heavy (non-hydrogen) atoms. The molecule has 0 fully saturated rings. The third-order valence-electron chi connectivity index (χ3n) is 10.4. The molecular weight excluding hydrogens is 697 g/mol. The van der Waals surface area contributed by atoms with Crippen LogP contribution in [0, 0.1) is 11.3 Å². The van der Waals surface area contributed by atoms with E-state index in [0.29, 0.717) is 23.0 Å². The number of aromatic nitrogens is 3. The van der Waals surface area contributed by atoms with Gasteiger partial charge in [0.05, 0.1) is 11.6 Å². The Kier molecular flexibility index (Phi) is 8.48. The van der Waals surface area contributed by atoms with Crippen LogP contribution in [0.15, 0.2) is 199 Å². The maximum absolute atomic E-state index is 9.52. The third-order valence-corrected chi connectivity index (χ3v) is 10.4. The van der Waals surface area contributed by atoms with Gasteiger partial charge in [-0.05, 0) is 81.4 Å². The van der Waals surface area contributed by atoms with Crippen molar-refractivity contribution in [3.63, 3.8) is 0 Å². The van der Waals surface area contributed by atoms with Gasteiger partial charge in [0.1, 0.15) is 11.2 Å². The lowest BCUT2D eigenvalue weighted by atomic mass is 9.93.